The first-order chi connectivity index (χ1) is 11.5. The third-order valence-electron chi connectivity index (χ3n) is 3.78. The predicted molar refractivity (Wildman–Crippen MR) is 99.4 cm³/mol. The summed E-state index contributed by atoms with van der Waals surface area (Å²) in [5.41, 5.74) is 2.22. The van der Waals surface area contributed by atoms with Crippen molar-refractivity contribution in [3.8, 4) is 5.75 Å². The number of rotatable bonds is 5. The molecule has 0 saturated carbocycles. The molecule has 1 aliphatic heterocycles. The molecule has 1 heterocycles. The molecule has 0 aliphatic carbocycles. The van der Waals surface area contributed by atoms with Gasteiger partial charge in [0.05, 0.1) is 12.3 Å². The number of hydrogen-bond donors (Lipinski definition) is 2. The third kappa shape index (κ3) is 3.67. The maximum atomic E-state index is 12.8. The average molecular weight is 411 g/mol. The molecule has 0 radical (unpaired) electrons. The van der Waals surface area contributed by atoms with E-state index in [2.05, 4.69) is 26.0 Å². The van der Waals surface area contributed by atoms with Crippen LogP contribution in [0.25, 0.3) is 0 Å². The number of hydrogen-bond acceptors (Lipinski definition) is 4. The smallest absolute Gasteiger partial charge is 0.264 e. The molecule has 2 aromatic rings. The number of anilines is 2. The van der Waals surface area contributed by atoms with Gasteiger partial charge in [-0.15, -0.1) is 0 Å². The van der Waals surface area contributed by atoms with Gasteiger partial charge in [0.15, 0.2) is 0 Å². The summed E-state index contributed by atoms with van der Waals surface area (Å²) in [5.74, 6) is 0.710. The Morgan fingerprint density at radius 3 is 2.71 bits per heavy atom. The summed E-state index contributed by atoms with van der Waals surface area (Å²) in [6.45, 7) is 3.25. The van der Waals surface area contributed by atoms with Gasteiger partial charge in [-0.25, -0.2) is 8.42 Å². The molecule has 7 heteroatoms. The van der Waals surface area contributed by atoms with Gasteiger partial charge in [-0.1, -0.05) is 15.9 Å². The van der Waals surface area contributed by atoms with E-state index in [4.69, 9.17) is 4.74 Å². The second-order valence-corrected chi connectivity index (χ2v) is 8.10. The van der Waals surface area contributed by atoms with Crippen molar-refractivity contribution in [3.63, 3.8) is 0 Å². The topological polar surface area (TPSA) is 67.4 Å². The molecule has 0 spiro atoms. The number of fused-ring (bicyclic) bond motifs is 1. The van der Waals surface area contributed by atoms with Crippen molar-refractivity contribution in [3.05, 3.63) is 46.4 Å². The van der Waals surface area contributed by atoms with Crippen LogP contribution in [-0.4, -0.2) is 21.6 Å². The Morgan fingerprint density at radius 1 is 1.25 bits per heavy atom. The summed E-state index contributed by atoms with van der Waals surface area (Å²) in [6, 6.07) is 10.5. The minimum absolute atomic E-state index is 0.264. The molecule has 1 aliphatic rings. The van der Waals surface area contributed by atoms with E-state index in [1.54, 1.807) is 30.3 Å². The standard InChI is InChI=1S/C17H19BrN2O3S/c1-2-23-15-7-5-14(6-8-15)20-24(21,22)16-11-13(18)10-12-4-3-9-19-17(12)16/h5-8,10-11,19-20H,2-4,9H2,1H3. The van der Waals surface area contributed by atoms with Gasteiger partial charge in [-0.2, -0.15) is 0 Å². The van der Waals surface area contributed by atoms with Crippen LogP contribution in [0, 0.1) is 0 Å². The lowest BCUT2D eigenvalue weighted by atomic mass is 10.0. The van der Waals surface area contributed by atoms with Crippen molar-refractivity contribution in [2.75, 3.05) is 23.2 Å². The highest BCUT2D eigenvalue weighted by molar-refractivity contribution is 9.10. The van der Waals surface area contributed by atoms with Crippen LogP contribution >= 0.6 is 15.9 Å². The molecule has 0 aromatic heterocycles. The molecular weight excluding hydrogens is 392 g/mol. The molecule has 0 fully saturated rings. The lowest BCUT2D eigenvalue weighted by Gasteiger charge is -2.22. The highest BCUT2D eigenvalue weighted by Gasteiger charge is 2.23. The Hall–Kier alpha value is -1.73. The average Bonchev–Trinajstić information content (AvgIpc) is 2.56. The normalized spacial score (nSPS) is 13.8. The third-order valence-corrected chi connectivity index (χ3v) is 5.64. The van der Waals surface area contributed by atoms with Crippen LogP contribution in [0.5, 0.6) is 5.75 Å². The van der Waals surface area contributed by atoms with E-state index in [1.165, 1.54) is 0 Å². The predicted octanol–water partition coefficient (Wildman–Crippen LogP) is 4.01. The molecular formula is C17H19BrN2O3S. The summed E-state index contributed by atoms with van der Waals surface area (Å²) >= 11 is 3.41. The highest BCUT2D eigenvalue weighted by atomic mass is 79.9. The zero-order valence-corrected chi connectivity index (χ0v) is 15.7. The fraction of sp³-hybridized carbons (Fsp3) is 0.294. The Labute approximate surface area is 150 Å². The van der Waals surface area contributed by atoms with Gasteiger partial charge >= 0.3 is 0 Å². The number of sulfonamides is 1. The van der Waals surface area contributed by atoms with Crippen LogP contribution in [0.4, 0.5) is 11.4 Å². The van der Waals surface area contributed by atoms with Crippen LogP contribution in [0.1, 0.15) is 18.9 Å². The fourth-order valence-electron chi connectivity index (χ4n) is 2.73. The van der Waals surface area contributed by atoms with Gasteiger partial charge < -0.3 is 10.1 Å². The second kappa shape index (κ2) is 7.03. The number of aryl methyl sites for hydroxylation is 1. The quantitative estimate of drug-likeness (QED) is 0.781. The van der Waals surface area contributed by atoms with Crippen molar-refractivity contribution in [2.24, 2.45) is 0 Å². The summed E-state index contributed by atoms with van der Waals surface area (Å²) in [6.07, 6.45) is 1.86. The Bertz CT molecular complexity index is 836. The van der Waals surface area contributed by atoms with Crippen LogP contribution in [-0.2, 0) is 16.4 Å². The molecule has 0 bridgehead atoms. The Kier molecular flexibility index (Phi) is 5.01. The van der Waals surface area contributed by atoms with Crippen LogP contribution in [0.2, 0.25) is 0 Å². The van der Waals surface area contributed by atoms with Crippen LogP contribution < -0.4 is 14.8 Å². The molecule has 24 heavy (non-hydrogen) atoms. The summed E-state index contributed by atoms with van der Waals surface area (Å²) < 4.78 is 34.4. The lowest BCUT2D eigenvalue weighted by molar-refractivity contribution is 0.340. The van der Waals surface area contributed by atoms with E-state index in [0.29, 0.717) is 23.7 Å². The minimum Gasteiger partial charge on any atom is -0.494 e. The van der Waals surface area contributed by atoms with Gasteiger partial charge in [-0.3, -0.25) is 4.72 Å². The molecule has 0 saturated heterocycles. The number of benzene rings is 2. The Balaban J connectivity index is 1.92. The number of ether oxygens (including phenoxy) is 1. The van der Waals surface area contributed by atoms with E-state index in [0.717, 1.165) is 29.4 Å². The van der Waals surface area contributed by atoms with Crippen molar-refractivity contribution >= 4 is 37.3 Å². The van der Waals surface area contributed by atoms with E-state index in [-0.39, 0.29) is 4.90 Å². The largest absolute Gasteiger partial charge is 0.494 e. The molecule has 0 atom stereocenters. The molecule has 3 rings (SSSR count). The summed E-state index contributed by atoms with van der Waals surface area (Å²) in [5, 5.41) is 3.22. The monoisotopic (exact) mass is 410 g/mol. The van der Waals surface area contributed by atoms with E-state index >= 15 is 0 Å². The molecule has 128 valence electrons. The Morgan fingerprint density at radius 2 is 2.00 bits per heavy atom. The SMILES string of the molecule is CCOc1ccc(NS(=O)(=O)c2cc(Br)cc3c2NCCC3)cc1. The lowest BCUT2D eigenvalue weighted by Crippen LogP contribution is -2.19. The van der Waals surface area contributed by atoms with Gasteiger partial charge in [0.1, 0.15) is 10.6 Å². The maximum absolute atomic E-state index is 12.8. The maximum Gasteiger partial charge on any atom is 0.264 e. The second-order valence-electron chi connectivity index (χ2n) is 5.53. The van der Waals surface area contributed by atoms with E-state index < -0.39 is 10.0 Å². The van der Waals surface area contributed by atoms with Gasteiger partial charge in [-0.05, 0) is 61.7 Å². The van der Waals surface area contributed by atoms with E-state index in [1.807, 2.05) is 13.0 Å². The number of halogens is 1. The van der Waals surface area contributed by atoms with Crippen LogP contribution in [0.15, 0.2) is 45.8 Å². The fourth-order valence-corrected chi connectivity index (χ4v) is 4.70. The first kappa shape index (κ1) is 17.1. The molecule has 0 amide bonds. The zero-order valence-electron chi connectivity index (χ0n) is 13.3. The van der Waals surface area contributed by atoms with Crippen molar-refractivity contribution < 1.29 is 13.2 Å². The van der Waals surface area contributed by atoms with Gasteiger partial charge in [0.2, 0.25) is 0 Å². The zero-order chi connectivity index (χ0) is 17.2. The number of nitrogens with one attached hydrogen (secondary N) is 2. The molecule has 2 N–H and O–H groups in total. The van der Waals surface area contributed by atoms with Gasteiger partial charge in [0, 0.05) is 16.7 Å². The minimum atomic E-state index is -3.69. The molecule has 5 nitrogen and oxygen atoms in total. The first-order valence-electron chi connectivity index (χ1n) is 7.81. The first-order valence-corrected chi connectivity index (χ1v) is 10.1. The molecule has 2 aromatic carbocycles. The van der Waals surface area contributed by atoms with Crippen LogP contribution in [0.3, 0.4) is 0 Å². The molecule has 0 unspecified atom stereocenters. The summed E-state index contributed by atoms with van der Waals surface area (Å²) in [7, 11) is -3.69. The summed E-state index contributed by atoms with van der Waals surface area (Å²) in [4.78, 5) is 0.264. The van der Waals surface area contributed by atoms with Gasteiger partial charge in [0.25, 0.3) is 10.0 Å². The van der Waals surface area contributed by atoms with Crippen molar-refractivity contribution in [1.82, 2.24) is 0 Å². The van der Waals surface area contributed by atoms with Crippen molar-refractivity contribution in [2.45, 2.75) is 24.7 Å². The highest BCUT2D eigenvalue weighted by Crippen LogP contribution is 2.34. The van der Waals surface area contributed by atoms with E-state index in [9.17, 15) is 8.42 Å². The van der Waals surface area contributed by atoms with Crippen molar-refractivity contribution in [1.29, 1.82) is 0 Å².